The first kappa shape index (κ1) is 18.6. The Morgan fingerprint density at radius 2 is 1.93 bits per heavy atom. The minimum Gasteiger partial charge on any atom is -0.480 e. The first-order valence-electron chi connectivity index (χ1n) is 8.94. The first-order chi connectivity index (χ1) is 13.3. The van der Waals surface area contributed by atoms with Crippen LogP contribution >= 0.6 is 11.3 Å². The molecule has 3 aromatic rings. The number of fused-ring (bicyclic) bond motifs is 3. The molecule has 0 bridgehead atoms. The number of carbonyl (C=O) groups is 1. The van der Waals surface area contributed by atoms with E-state index in [1.54, 1.807) is 0 Å². The van der Waals surface area contributed by atoms with Gasteiger partial charge in [-0.05, 0) is 25.0 Å². The monoisotopic (exact) mass is 400 g/mol. The maximum absolute atomic E-state index is 13.1. The lowest BCUT2D eigenvalue weighted by Crippen LogP contribution is -2.42. The maximum atomic E-state index is 13.1. The van der Waals surface area contributed by atoms with Crippen LogP contribution in [0.1, 0.15) is 29.9 Å². The number of carboxylic acids is 1. The van der Waals surface area contributed by atoms with Crippen molar-refractivity contribution in [2.75, 3.05) is 0 Å². The Labute approximate surface area is 164 Å². The summed E-state index contributed by atoms with van der Waals surface area (Å²) in [6.07, 6.45) is 0.536. The molecule has 1 aliphatic heterocycles. The molecule has 2 aromatic heterocycles. The molecular formula is C20H20N2O5S. The summed E-state index contributed by atoms with van der Waals surface area (Å²) in [6, 6.07) is 9.42. The molecule has 28 heavy (non-hydrogen) atoms. The van der Waals surface area contributed by atoms with Crippen LogP contribution in [0.5, 0.6) is 0 Å². The van der Waals surface area contributed by atoms with E-state index in [1.165, 1.54) is 15.9 Å². The van der Waals surface area contributed by atoms with Gasteiger partial charge in [0.2, 0.25) is 0 Å². The summed E-state index contributed by atoms with van der Waals surface area (Å²) in [5, 5.41) is 9.65. The van der Waals surface area contributed by atoms with Crippen LogP contribution in [0.3, 0.4) is 0 Å². The van der Waals surface area contributed by atoms with Crippen molar-refractivity contribution in [2.45, 2.75) is 45.6 Å². The van der Waals surface area contributed by atoms with Crippen molar-refractivity contribution in [3.63, 3.8) is 0 Å². The Morgan fingerprint density at radius 1 is 1.21 bits per heavy atom. The molecule has 0 fully saturated rings. The number of aromatic nitrogens is 2. The fraction of sp³-hybridized carbons (Fsp3) is 0.350. The molecule has 1 N–H and O–H groups in total. The number of rotatable bonds is 4. The minimum atomic E-state index is -1.22. The summed E-state index contributed by atoms with van der Waals surface area (Å²) >= 11 is 1.38. The molecule has 0 spiro atoms. The zero-order valence-corrected chi connectivity index (χ0v) is 16.4. The molecule has 4 rings (SSSR count). The highest BCUT2D eigenvalue weighted by atomic mass is 32.1. The van der Waals surface area contributed by atoms with Gasteiger partial charge in [0.1, 0.15) is 11.4 Å². The molecular weight excluding hydrogens is 380 g/mol. The Morgan fingerprint density at radius 3 is 2.61 bits per heavy atom. The van der Waals surface area contributed by atoms with E-state index in [0.717, 1.165) is 20.6 Å². The number of hydrogen-bond acceptors (Lipinski definition) is 5. The third-order valence-corrected chi connectivity index (χ3v) is 6.14. The maximum Gasteiger partial charge on any atom is 0.332 e. The van der Waals surface area contributed by atoms with E-state index < -0.39 is 29.4 Å². The summed E-state index contributed by atoms with van der Waals surface area (Å²) in [4.78, 5) is 38.9. The molecule has 0 aliphatic carbocycles. The quantitative estimate of drug-likeness (QED) is 0.725. The van der Waals surface area contributed by atoms with E-state index in [9.17, 15) is 19.5 Å². The third-order valence-electron chi connectivity index (χ3n) is 4.91. The lowest BCUT2D eigenvalue weighted by molar-refractivity contribution is -0.137. The summed E-state index contributed by atoms with van der Waals surface area (Å²) in [7, 11) is 0. The highest BCUT2D eigenvalue weighted by Gasteiger charge is 2.32. The largest absolute Gasteiger partial charge is 0.480 e. The molecule has 0 saturated carbocycles. The van der Waals surface area contributed by atoms with E-state index >= 15 is 0 Å². The second-order valence-corrected chi connectivity index (χ2v) is 8.63. The van der Waals surface area contributed by atoms with Crippen molar-refractivity contribution in [3.05, 3.63) is 67.2 Å². The average molecular weight is 400 g/mol. The molecule has 8 heteroatoms. The summed E-state index contributed by atoms with van der Waals surface area (Å²) in [5.74, 6) is -1.22. The first-order valence-corrected chi connectivity index (χ1v) is 9.76. The summed E-state index contributed by atoms with van der Waals surface area (Å²) in [6.45, 7) is 3.89. The lowest BCUT2D eigenvalue weighted by Gasteiger charge is -2.29. The zero-order chi connectivity index (χ0) is 20.1. The number of benzene rings is 1. The van der Waals surface area contributed by atoms with Gasteiger partial charge in [-0.3, -0.25) is 14.2 Å². The van der Waals surface area contributed by atoms with Gasteiger partial charge in [0.05, 0.1) is 24.1 Å². The van der Waals surface area contributed by atoms with Crippen LogP contribution in [0.25, 0.3) is 10.2 Å². The molecule has 146 valence electrons. The second kappa shape index (κ2) is 6.72. The molecule has 3 heterocycles. The second-order valence-electron chi connectivity index (χ2n) is 7.55. The fourth-order valence-corrected chi connectivity index (χ4v) is 4.80. The van der Waals surface area contributed by atoms with Crippen molar-refractivity contribution < 1.29 is 14.6 Å². The van der Waals surface area contributed by atoms with Gasteiger partial charge in [0, 0.05) is 11.3 Å². The van der Waals surface area contributed by atoms with Crippen molar-refractivity contribution >= 4 is 27.5 Å². The number of aliphatic carboxylic acids is 1. The molecule has 0 radical (unpaired) electrons. The normalized spacial score (nSPS) is 15.5. The molecule has 0 saturated heterocycles. The third kappa shape index (κ3) is 3.18. The van der Waals surface area contributed by atoms with Gasteiger partial charge in [-0.15, -0.1) is 11.3 Å². The van der Waals surface area contributed by atoms with Gasteiger partial charge in [-0.2, -0.15) is 0 Å². The Hall–Kier alpha value is -2.71. The average Bonchev–Trinajstić information content (AvgIpc) is 3.00. The van der Waals surface area contributed by atoms with E-state index in [2.05, 4.69) is 0 Å². The van der Waals surface area contributed by atoms with Crippen molar-refractivity contribution in [1.82, 2.24) is 9.13 Å². The Kier molecular flexibility index (Phi) is 4.47. The van der Waals surface area contributed by atoms with E-state index in [-0.39, 0.29) is 6.54 Å². The predicted octanol–water partition coefficient (Wildman–Crippen LogP) is 2.21. The molecule has 0 unspecified atom stereocenters. The van der Waals surface area contributed by atoms with Crippen LogP contribution < -0.4 is 11.2 Å². The van der Waals surface area contributed by atoms with E-state index in [0.29, 0.717) is 23.2 Å². The van der Waals surface area contributed by atoms with Gasteiger partial charge >= 0.3 is 11.7 Å². The number of hydrogen-bond donors (Lipinski definition) is 1. The minimum absolute atomic E-state index is 0.264. The zero-order valence-electron chi connectivity index (χ0n) is 15.6. The molecule has 7 nitrogen and oxygen atoms in total. The van der Waals surface area contributed by atoms with Crippen LogP contribution in [0.2, 0.25) is 0 Å². The topological polar surface area (TPSA) is 90.5 Å². The number of carboxylic acid groups (broad SMARTS) is 1. The number of thiophene rings is 1. The van der Waals surface area contributed by atoms with Crippen LogP contribution in [0, 0.1) is 0 Å². The summed E-state index contributed by atoms with van der Waals surface area (Å²) in [5.41, 5.74) is 0.187. The van der Waals surface area contributed by atoms with E-state index in [4.69, 9.17) is 4.74 Å². The van der Waals surface area contributed by atoms with Gasteiger partial charge in [-0.1, -0.05) is 30.3 Å². The van der Waals surface area contributed by atoms with Crippen molar-refractivity contribution in [1.29, 1.82) is 0 Å². The van der Waals surface area contributed by atoms with Crippen LogP contribution in [-0.4, -0.2) is 25.8 Å². The predicted molar refractivity (Wildman–Crippen MR) is 106 cm³/mol. The molecule has 1 aromatic carbocycles. The van der Waals surface area contributed by atoms with Crippen molar-refractivity contribution in [3.8, 4) is 0 Å². The van der Waals surface area contributed by atoms with Crippen LogP contribution in [0.15, 0.2) is 39.9 Å². The molecule has 0 amide bonds. The number of nitrogens with zero attached hydrogens (tertiary/aromatic N) is 2. The summed E-state index contributed by atoms with van der Waals surface area (Å²) < 4.78 is 8.19. The lowest BCUT2D eigenvalue weighted by atomic mass is 9.94. The highest BCUT2D eigenvalue weighted by molar-refractivity contribution is 7.18. The van der Waals surface area contributed by atoms with E-state index in [1.807, 2.05) is 44.2 Å². The SMILES string of the molecule is CC1(C)Cc2c(sc3c2c(=O)n(CC(=O)O)c(=O)n3Cc2ccccc2)CO1. The number of ether oxygens (including phenoxy) is 1. The smallest absolute Gasteiger partial charge is 0.332 e. The molecule has 0 atom stereocenters. The van der Waals surface area contributed by atoms with Gasteiger partial charge in [0.15, 0.2) is 0 Å². The van der Waals surface area contributed by atoms with Crippen molar-refractivity contribution in [2.24, 2.45) is 0 Å². The molecule has 1 aliphatic rings. The fourth-order valence-electron chi connectivity index (χ4n) is 3.58. The highest BCUT2D eigenvalue weighted by Crippen LogP contribution is 2.37. The standard InChI is InChI=1S/C20H20N2O5S/c1-20(2)8-13-14(11-27-20)28-18-16(13)17(25)21(10-15(23)24)19(26)22(18)9-12-6-4-3-5-7-12/h3-7H,8-11H2,1-2H3,(H,23,24). The van der Waals surface area contributed by atoms with Gasteiger partial charge < -0.3 is 9.84 Å². The van der Waals surface area contributed by atoms with Gasteiger partial charge in [0.25, 0.3) is 5.56 Å². The Bertz CT molecular complexity index is 1190. The van der Waals surface area contributed by atoms with Crippen LogP contribution in [-0.2, 0) is 35.6 Å². The van der Waals surface area contributed by atoms with Gasteiger partial charge in [-0.25, -0.2) is 9.36 Å². The van der Waals surface area contributed by atoms with Crippen LogP contribution in [0.4, 0.5) is 0 Å². The Balaban J connectivity index is 2.02.